The Hall–Kier alpha value is -1.17. The first-order valence-electron chi connectivity index (χ1n) is 6.58. The molecule has 0 fully saturated rings. The maximum Gasteiger partial charge on any atom is 0.122 e. The second-order valence-corrected chi connectivity index (χ2v) is 5.86. The molecule has 0 spiro atoms. The quantitative estimate of drug-likeness (QED) is 0.843. The molecule has 0 saturated heterocycles. The minimum Gasteiger partial charge on any atom is -0.337 e. The van der Waals surface area contributed by atoms with Crippen LogP contribution in [-0.4, -0.2) is 34.6 Å². The van der Waals surface area contributed by atoms with Gasteiger partial charge in [0.2, 0.25) is 0 Å². The van der Waals surface area contributed by atoms with E-state index in [-0.39, 0.29) is 0 Å². The van der Waals surface area contributed by atoms with Gasteiger partial charge >= 0.3 is 0 Å². The lowest BCUT2D eigenvalue weighted by molar-refractivity contribution is 0.308. The van der Waals surface area contributed by atoms with Crippen LogP contribution in [0.5, 0.6) is 0 Å². The van der Waals surface area contributed by atoms with Crippen molar-refractivity contribution >= 4 is 11.3 Å². The maximum absolute atomic E-state index is 4.34. The average molecular weight is 278 g/mol. The molecule has 2 heterocycles. The highest BCUT2D eigenvalue weighted by molar-refractivity contribution is 7.10. The zero-order valence-electron chi connectivity index (χ0n) is 11.8. The maximum atomic E-state index is 4.34. The molecule has 1 atom stereocenters. The third kappa shape index (κ3) is 4.16. The highest BCUT2D eigenvalue weighted by Crippen LogP contribution is 2.17. The second kappa shape index (κ2) is 6.84. The summed E-state index contributed by atoms with van der Waals surface area (Å²) in [4.78, 5) is 8.03. The van der Waals surface area contributed by atoms with E-state index in [4.69, 9.17) is 0 Å². The van der Waals surface area contributed by atoms with E-state index >= 15 is 0 Å². The van der Waals surface area contributed by atoms with Crippen LogP contribution in [0.3, 0.4) is 0 Å². The molecule has 0 saturated carbocycles. The summed E-state index contributed by atoms with van der Waals surface area (Å²) in [5, 5.41) is 5.68. The molecule has 0 radical (unpaired) electrons. The van der Waals surface area contributed by atoms with Crippen LogP contribution < -0.4 is 5.32 Å². The van der Waals surface area contributed by atoms with Crippen LogP contribution in [0, 0.1) is 0 Å². The third-order valence-electron chi connectivity index (χ3n) is 3.25. The molecule has 0 bridgehead atoms. The van der Waals surface area contributed by atoms with Crippen LogP contribution in [0.4, 0.5) is 0 Å². The number of hydrogen-bond acceptors (Lipinski definition) is 4. The largest absolute Gasteiger partial charge is 0.337 e. The zero-order chi connectivity index (χ0) is 13.7. The summed E-state index contributed by atoms with van der Waals surface area (Å²) in [7, 11) is 4.17. The molecule has 0 amide bonds. The molecular formula is C14H22N4S. The first-order chi connectivity index (χ1) is 9.16. The normalized spacial score (nSPS) is 13.1. The first kappa shape index (κ1) is 14.2. The van der Waals surface area contributed by atoms with Crippen molar-refractivity contribution in [2.45, 2.75) is 19.5 Å². The number of rotatable bonds is 7. The van der Waals surface area contributed by atoms with Gasteiger partial charge in [-0.05, 0) is 25.4 Å². The molecule has 2 aromatic rings. The van der Waals surface area contributed by atoms with E-state index in [1.807, 2.05) is 19.4 Å². The smallest absolute Gasteiger partial charge is 0.122 e. The van der Waals surface area contributed by atoms with Crippen LogP contribution in [-0.2, 0) is 13.6 Å². The van der Waals surface area contributed by atoms with E-state index in [1.165, 1.54) is 4.88 Å². The van der Waals surface area contributed by atoms with Crippen molar-refractivity contribution in [1.82, 2.24) is 19.8 Å². The Labute approximate surface area is 119 Å². The van der Waals surface area contributed by atoms with Crippen LogP contribution >= 0.6 is 11.3 Å². The van der Waals surface area contributed by atoms with Crippen molar-refractivity contribution in [1.29, 1.82) is 0 Å². The van der Waals surface area contributed by atoms with Crippen molar-refractivity contribution in [3.8, 4) is 0 Å². The zero-order valence-corrected chi connectivity index (χ0v) is 12.7. The Morgan fingerprint density at radius 2 is 2.37 bits per heavy atom. The molecule has 0 aliphatic carbocycles. The molecule has 4 nitrogen and oxygen atoms in total. The fraction of sp³-hybridized carbons (Fsp3) is 0.500. The summed E-state index contributed by atoms with van der Waals surface area (Å²) in [6.45, 7) is 5.10. The molecule has 1 N–H and O–H groups in total. The van der Waals surface area contributed by atoms with Gasteiger partial charge in [-0.3, -0.25) is 4.90 Å². The van der Waals surface area contributed by atoms with Crippen LogP contribution in [0.1, 0.15) is 23.7 Å². The Morgan fingerprint density at radius 1 is 1.53 bits per heavy atom. The number of imidazole rings is 1. The van der Waals surface area contributed by atoms with Crippen LogP contribution in [0.25, 0.3) is 0 Å². The van der Waals surface area contributed by atoms with Crippen molar-refractivity contribution in [2.75, 3.05) is 20.1 Å². The predicted octanol–water partition coefficient (Wildman–Crippen LogP) is 2.26. The fourth-order valence-electron chi connectivity index (χ4n) is 1.98. The van der Waals surface area contributed by atoms with E-state index in [1.54, 1.807) is 11.3 Å². The molecule has 0 aromatic carbocycles. The number of thiophene rings is 1. The molecule has 2 aromatic heterocycles. The van der Waals surface area contributed by atoms with Crippen molar-refractivity contribution < 1.29 is 0 Å². The summed E-state index contributed by atoms with van der Waals surface area (Å²) in [6.07, 6.45) is 3.83. The van der Waals surface area contributed by atoms with Gasteiger partial charge in [-0.2, -0.15) is 0 Å². The number of aromatic nitrogens is 2. The van der Waals surface area contributed by atoms with Gasteiger partial charge in [-0.1, -0.05) is 6.07 Å². The SMILES string of the molecule is CC(NCCN(C)Cc1nccn1C)c1cccs1. The summed E-state index contributed by atoms with van der Waals surface area (Å²) in [6, 6.07) is 4.72. The Kier molecular flexibility index (Phi) is 5.13. The lowest BCUT2D eigenvalue weighted by Crippen LogP contribution is -2.30. The highest BCUT2D eigenvalue weighted by Gasteiger charge is 2.07. The molecule has 2 rings (SSSR count). The van der Waals surface area contributed by atoms with Gasteiger partial charge in [0.1, 0.15) is 5.82 Å². The fourth-order valence-corrected chi connectivity index (χ4v) is 2.74. The monoisotopic (exact) mass is 278 g/mol. The van der Waals surface area contributed by atoms with Crippen molar-refractivity contribution in [2.24, 2.45) is 7.05 Å². The number of nitrogens with one attached hydrogen (secondary N) is 1. The van der Waals surface area contributed by atoms with Crippen molar-refractivity contribution in [3.05, 3.63) is 40.6 Å². The van der Waals surface area contributed by atoms with E-state index < -0.39 is 0 Å². The standard InChI is InChI=1S/C14H22N4S/c1-12(13-5-4-10-19-13)15-6-8-17(2)11-14-16-7-9-18(14)3/h4-5,7,9-10,12,15H,6,8,11H2,1-3H3. The van der Waals surface area contributed by atoms with E-state index in [0.29, 0.717) is 6.04 Å². The molecular weight excluding hydrogens is 256 g/mol. The number of aryl methyl sites for hydroxylation is 1. The van der Waals surface area contributed by atoms with Gasteiger partial charge in [-0.15, -0.1) is 11.3 Å². The van der Waals surface area contributed by atoms with E-state index in [0.717, 1.165) is 25.5 Å². The van der Waals surface area contributed by atoms with Crippen LogP contribution in [0.2, 0.25) is 0 Å². The first-order valence-corrected chi connectivity index (χ1v) is 7.46. The Morgan fingerprint density at radius 3 is 3.00 bits per heavy atom. The van der Waals surface area contributed by atoms with Crippen molar-refractivity contribution in [3.63, 3.8) is 0 Å². The summed E-state index contributed by atoms with van der Waals surface area (Å²) in [5.41, 5.74) is 0. The summed E-state index contributed by atoms with van der Waals surface area (Å²) in [5.74, 6) is 1.11. The molecule has 104 valence electrons. The number of hydrogen-bond donors (Lipinski definition) is 1. The highest BCUT2D eigenvalue weighted by atomic mass is 32.1. The minimum absolute atomic E-state index is 0.432. The topological polar surface area (TPSA) is 33.1 Å². The average Bonchev–Trinajstić information content (AvgIpc) is 3.02. The molecule has 5 heteroatoms. The second-order valence-electron chi connectivity index (χ2n) is 4.88. The van der Waals surface area contributed by atoms with Gasteiger partial charge < -0.3 is 9.88 Å². The summed E-state index contributed by atoms with van der Waals surface area (Å²) >= 11 is 1.81. The molecule has 0 aliphatic heterocycles. The lowest BCUT2D eigenvalue weighted by Gasteiger charge is -2.18. The van der Waals surface area contributed by atoms with Gasteiger partial charge in [0, 0.05) is 43.4 Å². The van der Waals surface area contributed by atoms with Gasteiger partial charge in [-0.25, -0.2) is 4.98 Å². The van der Waals surface area contributed by atoms with E-state index in [9.17, 15) is 0 Å². The summed E-state index contributed by atoms with van der Waals surface area (Å²) < 4.78 is 2.07. The Balaban J connectivity index is 1.69. The molecule has 19 heavy (non-hydrogen) atoms. The minimum atomic E-state index is 0.432. The lowest BCUT2D eigenvalue weighted by atomic mass is 10.3. The van der Waals surface area contributed by atoms with Gasteiger partial charge in [0.15, 0.2) is 0 Å². The number of nitrogens with zero attached hydrogens (tertiary/aromatic N) is 3. The van der Waals surface area contributed by atoms with Gasteiger partial charge in [0.25, 0.3) is 0 Å². The predicted molar refractivity (Wildman–Crippen MR) is 80.3 cm³/mol. The third-order valence-corrected chi connectivity index (χ3v) is 4.30. The van der Waals surface area contributed by atoms with E-state index in [2.05, 4.69) is 51.3 Å². The number of likely N-dealkylation sites (N-methyl/N-ethyl adjacent to an activating group) is 1. The van der Waals surface area contributed by atoms with Gasteiger partial charge in [0.05, 0.1) is 6.54 Å². The Bertz CT molecular complexity index is 477. The molecule has 1 unspecified atom stereocenters. The van der Waals surface area contributed by atoms with Crippen LogP contribution in [0.15, 0.2) is 29.9 Å². The molecule has 0 aliphatic rings.